The van der Waals surface area contributed by atoms with E-state index in [2.05, 4.69) is 10.4 Å². The molecular formula is C12H19N3O3. The maximum absolute atomic E-state index is 11.8. The average molecular weight is 253 g/mol. The second-order valence-electron chi connectivity index (χ2n) is 4.60. The number of carboxylic acid groups (broad SMARTS) is 1. The molecule has 0 saturated heterocycles. The highest BCUT2D eigenvalue weighted by atomic mass is 16.4. The van der Waals surface area contributed by atoms with Crippen LogP contribution < -0.4 is 5.32 Å². The lowest BCUT2D eigenvalue weighted by Gasteiger charge is -2.18. The quantitative estimate of drug-likeness (QED) is 0.789. The molecule has 100 valence electrons. The molecule has 0 aliphatic rings. The number of aliphatic carboxylic acids is 1. The Morgan fingerprint density at radius 2 is 2.06 bits per heavy atom. The van der Waals surface area contributed by atoms with Crippen LogP contribution in [-0.2, 0) is 9.59 Å². The van der Waals surface area contributed by atoms with Gasteiger partial charge in [-0.3, -0.25) is 14.3 Å². The third kappa shape index (κ3) is 3.58. The molecule has 2 N–H and O–H groups in total. The van der Waals surface area contributed by atoms with E-state index >= 15 is 0 Å². The second kappa shape index (κ2) is 6.18. The van der Waals surface area contributed by atoms with Crippen LogP contribution in [0.15, 0.2) is 18.5 Å². The Morgan fingerprint density at radius 3 is 2.50 bits per heavy atom. The van der Waals surface area contributed by atoms with Crippen molar-refractivity contribution in [1.82, 2.24) is 15.1 Å². The van der Waals surface area contributed by atoms with E-state index in [-0.39, 0.29) is 18.4 Å². The zero-order valence-corrected chi connectivity index (χ0v) is 10.8. The molecule has 1 aromatic rings. The molecule has 0 fully saturated rings. The smallest absolute Gasteiger partial charge is 0.308 e. The number of amides is 1. The summed E-state index contributed by atoms with van der Waals surface area (Å²) in [5.74, 6) is -1.72. The molecule has 18 heavy (non-hydrogen) atoms. The van der Waals surface area contributed by atoms with Gasteiger partial charge < -0.3 is 10.4 Å². The van der Waals surface area contributed by atoms with Crippen molar-refractivity contribution >= 4 is 11.9 Å². The van der Waals surface area contributed by atoms with Gasteiger partial charge in [0.2, 0.25) is 5.91 Å². The van der Waals surface area contributed by atoms with Crippen LogP contribution in [0.25, 0.3) is 0 Å². The second-order valence-corrected chi connectivity index (χ2v) is 4.60. The van der Waals surface area contributed by atoms with E-state index in [4.69, 9.17) is 5.11 Å². The van der Waals surface area contributed by atoms with Gasteiger partial charge in [-0.25, -0.2) is 0 Å². The van der Waals surface area contributed by atoms with Gasteiger partial charge in [-0.2, -0.15) is 5.10 Å². The molecule has 0 bridgehead atoms. The highest BCUT2D eigenvalue weighted by molar-refractivity contribution is 5.80. The number of nitrogens with zero attached hydrogens (tertiary/aromatic N) is 2. The maximum Gasteiger partial charge on any atom is 0.308 e. The van der Waals surface area contributed by atoms with Gasteiger partial charge in [-0.15, -0.1) is 0 Å². The summed E-state index contributed by atoms with van der Waals surface area (Å²) in [5, 5.41) is 15.6. The number of carbonyl (C=O) groups excluding carboxylic acids is 1. The largest absolute Gasteiger partial charge is 0.481 e. The van der Waals surface area contributed by atoms with Gasteiger partial charge in [0, 0.05) is 18.9 Å². The fourth-order valence-electron chi connectivity index (χ4n) is 1.60. The number of carbonyl (C=O) groups is 2. The fraction of sp³-hybridized carbons (Fsp3) is 0.583. The third-order valence-corrected chi connectivity index (χ3v) is 2.92. The van der Waals surface area contributed by atoms with Gasteiger partial charge in [0.1, 0.15) is 6.04 Å². The summed E-state index contributed by atoms with van der Waals surface area (Å²) in [7, 11) is 0. The number of hydrogen-bond acceptors (Lipinski definition) is 3. The summed E-state index contributed by atoms with van der Waals surface area (Å²) < 4.78 is 1.53. The maximum atomic E-state index is 11.8. The molecule has 0 spiro atoms. The standard InChI is InChI=1S/C12H19N3O3/c1-8(2)10(12(17)18)7-13-11(16)9(3)15-6-4-5-14-15/h4-6,8-10H,7H2,1-3H3,(H,13,16)(H,17,18). The number of rotatable bonds is 6. The molecule has 1 amide bonds. The summed E-state index contributed by atoms with van der Waals surface area (Å²) in [4.78, 5) is 22.8. The molecule has 2 unspecified atom stereocenters. The highest BCUT2D eigenvalue weighted by Crippen LogP contribution is 2.10. The minimum Gasteiger partial charge on any atom is -0.481 e. The van der Waals surface area contributed by atoms with E-state index in [1.54, 1.807) is 25.4 Å². The fourth-order valence-corrected chi connectivity index (χ4v) is 1.60. The van der Waals surface area contributed by atoms with Gasteiger partial charge >= 0.3 is 5.97 Å². The number of aromatic nitrogens is 2. The zero-order chi connectivity index (χ0) is 13.7. The van der Waals surface area contributed by atoms with Crippen LogP contribution in [0, 0.1) is 11.8 Å². The van der Waals surface area contributed by atoms with Crippen LogP contribution in [0.4, 0.5) is 0 Å². The van der Waals surface area contributed by atoms with Crippen LogP contribution in [-0.4, -0.2) is 33.3 Å². The lowest BCUT2D eigenvalue weighted by molar-refractivity contribution is -0.143. The monoisotopic (exact) mass is 253 g/mol. The topological polar surface area (TPSA) is 84.2 Å². The number of hydrogen-bond donors (Lipinski definition) is 2. The zero-order valence-electron chi connectivity index (χ0n) is 10.8. The SMILES string of the molecule is CC(C)C(CNC(=O)C(C)n1cccn1)C(=O)O. The molecule has 1 aromatic heterocycles. The first-order valence-electron chi connectivity index (χ1n) is 5.93. The van der Waals surface area contributed by atoms with Crippen LogP contribution in [0.3, 0.4) is 0 Å². The van der Waals surface area contributed by atoms with Gasteiger partial charge in [0.05, 0.1) is 5.92 Å². The Kier molecular flexibility index (Phi) is 4.88. The van der Waals surface area contributed by atoms with E-state index < -0.39 is 17.9 Å². The van der Waals surface area contributed by atoms with Crippen LogP contribution in [0.5, 0.6) is 0 Å². The van der Waals surface area contributed by atoms with E-state index in [1.165, 1.54) is 4.68 Å². The van der Waals surface area contributed by atoms with Crippen molar-refractivity contribution in [3.05, 3.63) is 18.5 Å². The van der Waals surface area contributed by atoms with E-state index in [0.29, 0.717) is 0 Å². The Hall–Kier alpha value is -1.85. The van der Waals surface area contributed by atoms with E-state index in [1.807, 2.05) is 13.8 Å². The van der Waals surface area contributed by atoms with Crippen molar-refractivity contribution in [3.8, 4) is 0 Å². The summed E-state index contributed by atoms with van der Waals surface area (Å²) in [6.07, 6.45) is 3.29. The van der Waals surface area contributed by atoms with Crippen LogP contribution in [0.1, 0.15) is 26.8 Å². The van der Waals surface area contributed by atoms with Crippen molar-refractivity contribution in [2.75, 3.05) is 6.54 Å². The molecule has 0 aromatic carbocycles. The first kappa shape index (κ1) is 14.2. The lowest BCUT2D eigenvalue weighted by atomic mass is 9.96. The Labute approximate surface area is 106 Å². The molecule has 0 radical (unpaired) electrons. The molecule has 6 nitrogen and oxygen atoms in total. The normalized spacial score (nSPS) is 14.2. The summed E-state index contributed by atoms with van der Waals surface area (Å²) in [5.41, 5.74) is 0. The molecule has 2 atom stereocenters. The molecule has 1 heterocycles. The molecular weight excluding hydrogens is 234 g/mol. The Morgan fingerprint density at radius 1 is 1.39 bits per heavy atom. The Bertz CT molecular complexity index is 401. The summed E-state index contributed by atoms with van der Waals surface area (Å²) >= 11 is 0. The first-order chi connectivity index (χ1) is 8.43. The molecule has 0 saturated carbocycles. The van der Waals surface area contributed by atoms with Gasteiger partial charge in [-0.1, -0.05) is 13.8 Å². The molecule has 1 rings (SSSR count). The van der Waals surface area contributed by atoms with Crippen LogP contribution >= 0.6 is 0 Å². The van der Waals surface area contributed by atoms with Gasteiger partial charge in [-0.05, 0) is 18.9 Å². The third-order valence-electron chi connectivity index (χ3n) is 2.92. The first-order valence-corrected chi connectivity index (χ1v) is 5.93. The van der Waals surface area contributed by atoms with Crippen molar-refractivity contribution in [3.63, 3.8) is 0 Å². The predicted octanol–water partition coefficient (Wildman–Crippen LogP) is 0.917. The van der Waals surface area contributed by atoms with Crippen molar-refractivity contribution in [1.29, 1.82) is 0 Å². The number of nitrogens with one attached hydrogen (secondary N) is 1. The summed E-state index contributed by atoms with van der Waals surface area (Å²) in [6, 6.07) is 1.29. The predicted molar refractivity (Wildman–Crippen MR) is 65.9 cm³/mol. The highest BCUT2D eigenvalue weighted by Gasteiger charge is 2.23. The van der Waals surface area contributed by atoms with Crippen molar-refractivity contribution in [2.45, 2.75) is 26.8 Å². The van der Waals surface area contributed by atoms with E-state index in [0.717, 1.165) is 0 Å². The minimum atomic E-state index is -0.892. The minimum absolute atomic E-state index is 0.0252. The van der Waals surface area contributed by atoms with Gasteiger partial charge in [0.25, 0.3) is 0 Å². The van der Waals surface area contributed by atoms with Crippen LogP contribution in [0.2, 0.25) is 0 Å². The molecule has 0 aliphatic carbocycles. The molecule has 0 aliphatic heterocycles. The number of carboxylic acids is 1. The Balaban J connectivity index is 2.52. The lowest BCUT2D eigenvalue weighted by Crippen LogP contribution is -2.38. The average Bonchev–Trinajstić information content (AvgIpc) is 2.80. The van der Waals surface area contributed by atoms with Gasteiger partial charge in [0.15, 0.2) is 0 Å². The van der Waals surface area contributed by atoms with Crippen molar-refractivity contribution in [2.24, 2.45) is 11.8 Å². The van der Waals surface area contributed by atoms with E-state index in [9.17, 15) is 9.59 Å². The molecule has 6 heteroatoms. The summed E-state index contributed by atoms with van der Waals surface area (Å²) in [6.45, 7) is 5.49. The van der Waals surface area contributed by atoms with Crippen molar-refractivity contribution < 1.29 is 14.7 Å².